The van der Waals surface area contributed by atoms with Crippen LogP contribution in [0.3, 0.4) is 0 Å². The van der Waals surface area contributed by atoms with E-state index in [1.165, 1.54) is 36.9 Å². The number of hydrogen-bond acceptors (Lipinski definition) is 2. The molecule has 1 aliphatic carbocycles. The topological polar surface area (TPSA) is 40.7 Å². The maximum Gasteiger partial charge on any atom is 0.151 e. The largest absolute Gasteiger partial charge is 0.366 e. The summed E-state index contributed by atoms with van der Waals surface area (Å²) in [6, 6.07) is 0.539. The van der Waals surface area contributed by atoms with Crippen LogP contribution in [0.2, 0.25) is 0 Å². The number of aromatic amines is 1. The van der Waals surface area contributed by atoms with Crippen LogP contribution in [0.5, 0.6) is 0 Å². The Morgan fingerprint density at radius 3 is 2.75 bits per heavy atom. The van der Waals surface area contributed by atoms with Gasteiger partial charge in [0.2, 0.25) is 0 Å². The van der Waals surface area contributed by atoms with Crippen molar-refractivity contribution in [2.24, 2.45) is 5.92 Å². The van der Waals surface area contributed by atoms with Gasteiger partial charge in [-0.05, 0) is 32.6 Å². The van der Waals surface area contributed by atoms with Gasteiger partial charge in [0.1, 0.15) is 0 Å². The first kappa shape index (κ1) is 11.5. The fourth-order valence-corrected chi connectivity index (χ4v) is 2.44. The Labute approximate surface area is 98.0 Å². The van der Waals surface area contributed by atoms with E-state index < -0.39 is 0 Å². The lowest BCUT2D eigenvalue weighted by Crippen LogP contribution is -2.23. The standard InChI is InChI=1S/C13H23N3/c1-4-12-10(3)13(16-15-12)14-9(2)8-11-6-5-7-11/h9,11H,4-8H2,1-3H3,(H2,14,15,16). The van der Waals surface area contributed by atoms with E-state index in [4.69, 9.17) is 0 Å². The maximum absolute atomic E-state index is 4.34. The number of aromatic nitrogens is 2. The number of nitrogens with zero attached hydrogens (tertiary/aromatic N) is 1. The first-order chi connectivity index (χ1) is 7.70. The van der Waals surface area contributed by atoms with Crippen LogP contribution in [0.15, 0.2) is 0 Å². The molecule has 1 saturated carbocycles. The lowest BCUT2D eigenvalue weighted by Gasteiger charge is -2.28. The van der Waals surface area contributed by atoms with Crippen molar-refractivity contribution in [3.63, 3.8) is 0 Å². The number of aryl methyl sites for hydroxylation is 1. The van der Waals surface area contributed by atoms with Crippen LogP contribution in [-0.2, 0) is 6.42 Å². The molecule has 90 valence electrons. The van der Waals surface area contributed by atoms with Gasteiger partial charge in [0.15, 0.2) is 5.82 Å². The van der Waals surface area contributed by atoms with Crippen molar-refractivity contribution in [1.29, 1.82) is 0 Å². The summed E-state index contributed by atoms with van der Waals surface area (Å²) in [5, 5.41) is 11.0. The molecule has 2 rings (SSSR count). The second-order valence-electron chi connectivity index (χ2n) is 5.11. The molecule has 1 fully saturated rings. The molecule has 3 heteroatoms. The average Bonchev–Trinajstić information content (AvgIpc) is 2.54. The Bertz CT molecular complexity index is 339. The van der Waals surface area contributed by atoms with Crippen molar-refractivity contribution < 1.29 is 0 Å². The molecule has 1 aromatic heterocycles. The molecule has 2 N–H and O–H groups in total. The lowest BCUT2D eigenvalue weighted by molar-refractivity contribution is 0.285. The van der Waals surface area contributed by atoms with Gasteiger partial charge in [0.05, 0.1) is 0 Å². The van der Waals surface area contributed by atoms with E-state index in [1.807, 2.05) is 0 Å². The Hall–Kier alpha value is -0.990. The number of rotatable bonds is 5. The third-order valence-electron chi connectivity index (χ3n) is 3.76. The third-order valence-corrected chi connectivity index (χ3v) is 3.76. The second-order valence-corrected chi connectivity index (χ2v) is 5.11. The van der Waals surface area contributed by atoms with Gasteiger partial charge >= 0.3 is 0 Å². The highest BCUT2D eigenvalue weighted by Crippen LogP contribution is 2.31. The maximum atomic E-state index is 4.34. The normalized spacial score (nSPS) is 18.2. The molecule has 1 unspecified atom stereocenters. The van der Waals surface area contributed by atoms with E-state index >= 15 is 0 Å². The Morgan fingerprint density at radius 1 is 1.50 bits per heavy atom. The predicted octanol–water partition coefficient (Wildman–Crippen LogP) is 3.27. The molecule has 0 spiro atoms. The summed E-state index contributed by atoms with van der Waals surface area (Å²) in [5.74, 6) is 2.00. The molecular weight excluding hydrogens is 198 g/mol. The quantitative estimate of drug-likeness (QED) is 0.801. The Balaban J connectivity index is 1.89. The van der Waals surface area contributed by atoms with E-state index in [0.717, 1.165) is 18.2 Å². The van der Waals surface area contributed by atoms with Gasteiger partial charge in [-0.2, -0.15) is 5.10 Å². The van der Waals surface area contributed by atoms with Gasteiger partial charge in [-0.25, -0.2) is 0 Å². The number of H-pyrrole nitrogens is 1. The summed E-state index contributed by atoms with van der Waals surface area (Å²) in [6.45, 7) is 6.56. The van der Waals surface area contributed by atoms with Gasteiger partial charge < -0.3 is 5.32 Å². The highest BCUT2D eigenvalue weighted by Gasteiger charge is 2.20. The van der Waals surface area contributed by atoms with Crippen molar-refractivity contribution in [2.75, 3.05) is 5.32 Å². The molecule has 0 aromatic carbocycles. The van der Waals surface area contributed by atoms with Crippen LogP contribution in [0.1, 0.15) is 50.8 Å². The fraction of sp³-hybridized carbons (Fsp3) is 0.769. The third kappa shape index (κ3) is 2.39. The molecule has 0 bridgehead atoms. The molecule has 0 saturated heterocycles. The van der Waals surface area contributed by atoms with Crippen molar-refractivity contribution in [2.45, 2.75) is 58.9 Å². The first-order valence-electron chi connectivity index (χ1n) is 6.51. The zero-order chi connectivity index (χ0) is 11.5. The molecule has 0 radical (unpaired) electrons. The van der Waals surface area contributed by atoms with Crippen LogP contribution in [0.4, 0.5) is 5.82 Å². The first-order valence-corrected chi connectivity index (χ1v) is 6.51. The monoisotopic (exact) mass is 221 g/mol. The predicted molar refractivity (Wildman–Crippen MR) is 67.7 cm³/mol. The molecule has 0 aliphatic heterocycles. The second kappa shape index (κ2) is 4.89. The van der Waals surface area contributed by atoms with Crippen molar-refractivity contribution in [3.05, 3.63) is 11.3 Å². The summed E-state index contributed by atoms with van der Waals surface area (Å²) in [6.07, 6.45) is 6.58. The molecule has 3 nitrogen and oxygen atoms in total. The molecule has 0 amide bonds. The zero-order valence-corrected chi connectivity index (χ0v) is 10.6. The average molecular weight is 221 g/mol. The van der Waals surface area contributed by atoms with Crippen LogP contribution < -0.4 is 5.32 Å². The minimum Gasteiger partial charge on any atom is -0.366 e. The van der Waals surface area contributed by atoms with Gasteiger partial charge in [0, 0.05) is 17.3 Å². The smallest absolute Gasteiger partial charge is 0.151 e. The van der Waals surface area contributed by atoms with Crippen molar-refractivity contribution in [3.8, 4) is 0 Å². The van der Waals surface area contributed by atoms with E-state index in [2.05, 4.69) is 36.3 Å². The van der Waals surface area contributed by atoms with Crippen LogP contribution >= 0.6 is 0 Å². The molecule has 1 aromatic rings. The summed E-state index contributed by atoms with van der Waals surface area (Å²) >= 11 is 0. The minimum atomic E-state index is 0.539. The highest BCUT2D eigenvalue weighted by atomic mass is 15.2. The van der Waals surface area contributed by atoms with E-state index in [0.29, 0.717) is 6.04 Å². The molecule has 1 aliphatic rings. The number of nitrogens with one attached hydrogen (secondary N) is 2. The lowest BCUT2D eigenvalue weighted by atomic mass is 9.81. The van der Waals surface area contributed by atoms with Gasteiger partial charge in [0.25, 0.3) is 0 Å². The summed E-state index contributed by atoms with van der Waals surface area (Å²) in [7, 11) is 0. The number of hydrogen-bond donors (Lipinski definition) is 2. The van der Waals surface area contributed by atoms with Gasteiger partial charge in [-0.1, -0.05) is 26.2 Å². The zero-order valence-electron chi connectivity index (χ0n) is 10.6. The SMILES string of the molecule is CCc1[nH]nc(NC(C)CC2CCC2)c1C. The summed E-state index contributed by atoms with van der Waals surface area (Å²) < 4.78 is 0. The van der Waals surface area contributed by atoms with Crippen LogP contribution in [0.25, 0.3) is 0 Å². The summed E-state index contributed by atoms with van der Waals surface area (Å²) in [4.78, 5) is 0. The van der Waals surface area contributed by atoms with Crippen LogP contribution in [-0.4, -0.2) is 16.2 Å². The fourth-order valence-electron chi connectivity index (χ4n) is 2.44. The summed E-state index contributed by atoms with van der Waals surface area (Å²) in [5.41, 5.74) is 2.53. The van der Waals surface area contributed by atoms with E-state index in [-0.39, 0.29) is 0 Å². The molecular formula is C13H23N3. The van der Waals surface area contributed by atoms with Gasteiger partial charge in [-0.15, -0.1) is 0 Å². The molecule has 16 heavy (non-hydrogen) atoms. The molecule has 1 heterocycles. The van der Waals surface area contributed by atoms with Crippen molar-refractivity contribution >= 4 is 5.82 Å². The van der Waals surface area contributed by atoms with Crippen molar-refractivity contribution in [1.82, 2.24) is 10.2 Å². The minimum absolute atomic E-state index is 0.539. The highest BCUT2D eigenvalue weighted by molar-refractivity contribution is 5.46. The Morgan fingerprint density at radius 2 is 2.25 bits per heavy atom. The van der Waals surface area contributed by atoms with Gasteiger partial charge in [-0.3, -0.25) is 5.10 Å². The van der Waals surface area contributed by atoms with Crippen LogP contribution in [0, 0.1) is 12.8 Å². The van der Waals surface area contributed by atoms with E-state index in [9.17, 15) is 0 Å². The Kier molecular flexibility index (Phi) is 3.52. The molecule has 1 atom stereocenters. The number of anilines is 1. The van der Waals surface area contributed by atoms with E-state index in [1.54, 1.807) is 0 Å².